The average Bonchev–Trinajstić information content (AvgIpc) is 3.60. The van der Waals surface area contributed by atoms with Crippen molar-refractivity contribution in [3.63, 3.8) is 0 Å². The number of aliphatic carboxylic acids is 1. The van der Waals surface area contributed by atoms with Gasteiger partial charge in [-0.2, -0.15) is 5.10 Å². The summed E-state index contributed by atoms with van der Waals surface area (Å²) in [7, 11) is 0. The molecule has 2 saturated heterocycles. The van der Waals surface area contributed by atoms with E-state index in [1.165, 1.54) is 11.3 Å². The Morgan fingerprint density at radius 1 is 1.08 bits per heavy atom. The Bertz CT molecular complexity index is 2040. The number of hydrogen-bond donors (Lipinski definition) is 4. The molecule has 0 bridgehead atoms. The van der Waals surface area contributed by atoms with Crippen LogP contribution in [-0.4, -0.2) is 73.7 Å². The summed E-state index contributed by atoms with van der Waals surface area (Å²) in [5, 5.41) is 16.7. The van der Waals surface area contributed by atoms with Crippen LogP contribution in [0.2, 0.25) is 5.02 Å². The van der Waals surface area contributed by atoms with Gasteiger partial charge >= 0.3 is 5.97 Å². The maximum absolute atomic E-state index is 12.8. The molecule has 0 unspecified atom stereocenters. The normalized spacial score (nSPS) is 17.6. The van der Waals surface area contributed by atoms with Crippen LogP contribution in [0.4, 0.5) is 0 Å². The zero-order valence-corrected chi connectivity index (χ0v) is 31.8. The highest BCUT2D eigenvalue weighted by atomic mass is 35.5. The molecule has 0 radical (unpaired) electrons. The van der Waals surface area contributed by atoms with Gasteiger partial charge in [0.2, 0.25) is 0 Å². The van der Waals surface area contributed by atoms with Crippen molar-refractivity contribution in [3.8, 4) is 21.8 Å². The number of pyridine rings is 1. The van der Waals surface area contributed by atoms with Crippen molar-refractivity contribution in [1.82, 2.24) is 24.6 Å². The molecule has 5 heterocycles. The fraction of sp³-hybridized carbons (Fsp3) is 0.429. The molecule has 7 rings (SSSR count). The quantitative estimate of drug-likeness (QED) is 0.0929. The minimum absolute atomic E-state index is 0.217. The number of aromatic nitrogens is 4. The number of halogens is 1. The van der Waals surface area contributed by atoms with Gasteiger partial charge in [-0.15, -0.1) is 49.2 Å². The molecule has 258 valence electrons. The number of thiazole rings is 1. The summed E-state index contributed by atoms with van der Waals surface area (Å²) >= 11 is 21.6. The van der Waals surface area contributed by atoms with E-state index in [0.717, 1.165) is 82.8 Å². The van der Waals surface area contributed by atoms with Crippen molar-refractivity contribution in [1.29, 1.82) is 0 Å². The molecule has 1 atom stereocenters. The lowest BCUT2D eigenvalue weighted by atomic mass is 9.91. The topological polar surface area (TPSA) is 103 Å². The summed E-state index contributed by atoms with van der Waals surface area (Å²) in [5.74, 6) is -0.844. The Morgan fingerprint density at radius 2 is 1.78 bits per heavy atom. The maximum atomic E-state index is 12.8. The second-order valence-electron chi connectivity index (χ2n) is 13.8. The van der Waals surface area contributed by atoms with Crippen molar-refractivity contribution >= 4 is 88.0 Å². The molecule has 1 N–H and O–H groups in total. The second-order valence-corrected chi connectivity index (χ2v) is 18.2. The van der Waals surface area contributed by atoms with Crippen LogP contribution in [0.25, 0.3) is 43.1 Å². The number of benzene rings is 2. The van der Waals surface area contributed by atoms with Crippen LogP contribution in [0.1, 0.15) is 62.5 Å². The molecule has 14 heteroatoms. The third-order valence-corrected chi connectivity index (χ3v) is 11.1. The van der Waals surface area contributed by atoms with Crippen LogP contribution in [-0.2, 0) is 17.8 Å². The number of thiol groups is 3. The molecule has 9 nitrogen and oxygen atoms in total. The SMILES string of the molecule is Cc1cc2nc(-c3ccc4c(n3)c(C3CCN(C5COC5)CC3)nn4C(S)(S)S)sc2c(-c2ccc(Cl)cc2)c1[C@H](OC(C)(C)C)C(=O)O. The van der Waals surface area contributed by atoms with Gasteiger partial charge in [0.1, 0.15) is 10.5 Å². The molecular weight excluding hydrogens is 718 g/mol. The van der Waals surface area contributed by atoms with Crippen LogP contribution < -0.4 is 0 Å². The number of carbonyl (C=O) groups is 1. The highest BCUT2D eigenvalue weighted by Crippen LogP contribution is 2.45. The van der Waals surface area contributed by atoms with Crippen LogP contribution in [0.3, 0.4) is 0 Å². The van der Waals surface area contributed by atoms with Gasteiger partial charge in [-0.25, -0.2) is 19.4 Å². The van der Waals surface area contributed by atoms with Gasteiger partial charge in [0.25, 0.3) is 0 Å². The molecule has 0 aliphatic carbocycles. The fourth-order valence-corrected chi connectivity index (χ4v) is 8.44. The molecule has 0 saturated carbocycles. The smallest absolute Gasteiger partial charge is 0.337 e. The van der Waals surface area contributed by atoms with E-state index in [9.17, 15) is 9.90 Å². The molecule has 5 aromatic rings. The van der Waals surface area contributed by atoms with Gasteiger partial charge in [0.15, 0.2) is 9.64 Å². The van der Waals surface area contributed by atoms with E-state index in [2.05, 4.69) is 42.8 Å². The summed E-state index contributed by atoms with van der Waals surface area (Å²) in [6.07, 6.45) is 0.723. The van der Waals surface area contributed by atoms with Crippen LogP contribution in [0, 0.1) is 6.92 Å². The second kappa shape index (κ2) is 13.3. The molecular formula is C35H38ClN5O4S4. The summed E-state index contributed by atoms with van der Waals surface area (Å²) in [5.41, 5.74) is 6.17. The first kappa shape index (κ1) is 35.1. The van der Waals surface area contributed by atoms with Crippen LogP contribution in [0.5, 0.6) is 0 Å². The molecule has 49 heavy (non-hydrogen) atoms. The van der Waals surface area contributed by atoms with Crippen molar-refractivity contribution in [2.24, 2.45) is 0 Å². The zero-order chi connectivity index (χ0) is 34.8. The lowest BCUT2D eigenvalue weighted by Gasteiger charge is -2.41. The number of rotatable bonds is 8. The van der Waals surface area contributed by atoms with Gasteiger partial charge in [-0.1, -0.05) is 23.7 Å². The average molecular weight is 756 g/mol. The molecule has 3 aromatic heterocycles. The highest BCUT2D eigenvalue weighted by molar-refractivity contribution is 8.15. The summed E-state index contributed by atoms with van der Waals surface area (Å²) in [6, 6.07) is 13.8. The predicted octanol–water partition coefficient (Wildman–Crippen LogP) is 8.21. The van der Waals surface area contributed by atoms with Gasteiger partial charge in [-0.3, -0.25) is 4.90 Å². The minimum Gasteiger partial charge on any atom is -0.479 e. The summed E-state index contributed by atoms with van der Waals surface area (Å²) in [4.78, 5) is 25.5. The van der Waals surface area contributed by atoms with E-state index in [1.807, 2.05) is 58.0 Å². The first-order valence-electron chi connectivity index (χ1n) is 16.2. The Morgan fingerprint density at radius 3 is 2.37 bits per heavy atom. The Labute approximate surface area is 310 Å². The monoisotopic (exact) mass is 755 g/mol. The number of aryl methyl sites for hydroxylation is 1. The zero-order valence-electron chi connectivity index (χ0n) is 27.6. The van der Waals surface area contributed by atoms with Crippen molar-refractivity contribution < 1.29 is 19.4 Å². The first-order valence-corrected chi connectivity index (χ1v) is 18.7. The number of ether oxygens (including phenoxy) is 2. The largest absolute Gasteiger partial charge is 0.479 e. The highest BCUT2D eigenvalue weighted by Gasteiger charge is 2.35. The number of likely N-dealkylation sites (tertiary alicyclic amines) is 1. The van der Waals surface area contributed by atoms with E-state index in [-0.39, 0.29) is 5.92 Å². The van der Waals surface area contributed by atoms with E-state index < -0.39 is 21.2 Å². The molecule has 0 spiro atoms. The van der Waals surface area contributed by atoms with Gasteiger partial charge in [0, 0.05) is 22.1 Å². The van der Waals surface area contributed by atoms with Gasteiger partial charge in [0.05, 0.1) is 52.0 Å². The third kappa shape index (κ3) is 6.97. The van der Waals surface area contributed by atoms with Gasteiger partial charge < -0.3 is 14.6 Å². The first-order chi connectivity index (χ1) is 23.2. The summed E-state index contributed by atoms with van der Waals surface area (Å²) < 4.78 is 13.0. The molecule has 0 amide bonds. The number of nitrogens with zero attached hydrogens (tertiary/aromatic N) is 5. The minimum atomic E-state index is -1.20. The number of piperidine rings is 1. The number of fused-ring (bicyclic) bond motifs is 2. The third-order valence-electron chi connectivity index (χ3n) is 9.13. The molecule has 2 aliphatic heterocycles. The van der Waals surface area contributed by atoms with Gasteiger partial charge in [-0.05, 0) is 95.1 Å². The van der Waals surface area contributed by atoms with Crippen molar-refractivity contribution in [2.75, 3.05) is 26.3 Å². The van der Waals surface area contributed by atoms with E-state index in [0.29, 0.717) is 27.3 Å². The molecule has 2 aromatic carbocycles. The van der Waals surface area contributed by atoms with E-state index in [4.69, 9.17) is 36.1 Å². The molecule has 2 aliphatic rings. The Kier molecular flexibility index (Phi) is 9.53. The lowest BCUT2D eigenvalue weighted by molar-refractivity contribution is -0.160. The standard InChI is InChI=1S/C35H38ClN5O4S4/c1-18-15-24-31(27(19-5-7-21(36)8-6-19)26(18)30(33(42)43)45-34(2,3)4)49-32(38-24)23-9-10-25-29(37-23)28(39-41(25)35(46,47)48)20-11-13-40(14-12-20)22-16-44-17-22/h5-10,15,20,22,30,46-48H,11-14,16-17H2,1-4H3,(H,42,43)/t30-/m0/s1. The number of carboxylic acids is 1. The predicted molar refractivity (Wildman–Crippen MR) is 206 cm³/mol. The Balaban J connectivity index is 1.36. The van der Waals surface area contributed by atoms with E-state index in [1.54, 1.807) is 16.8 Å². The van der Waals surface area contributed by atoms with Crippen molar-refractivity contribution in [2.45, 2.75) is 67.7 Å². The molecule has 2 fully saturated rings. The maximum Gasteiger partial charge on any atom is 0.337 e. The fourth-order valence-electron chi connectivity index (χ4n) is 6.76. The Hall–Kier alpha value is -2.36. The van der Waals surface area contributed by atoms with E-state index >= 15 is 0 Å². The number of hydrogen-bond acceptors (Lipinski definition) is 11. The van der Waals surface area contributed by atoms with Crippen LogP contribution in [0.15, 0.2) is 42.5 Å². The lowest BCUT2D eigenvalue weighted by Crippen LogP contribution is -2.51. The summed E-state index contributed by atoms with van der Waals surface area (Å²) in [6.45, 7) is 11.0. The number of carboxylic acid groups (broad SMARTS) is 1. The van der Waals surface area contributed by atoms with Crippen molar-refractivity contribution in [3.05, 3.63) is 64.3 Å². The van der Waals surface area contributed by atoms with Crippen LogP contribution >= 0.6 is 60.8 Å².